The molecule has 3 aromatic rings. The summed E-state index contributed by atoms with van der Waals surface area (Å²) in [6.45, 7) is 4.84. The first kappa shape index (κ1) is 24.3. The zero-order chi connectivity index (χ0) is 24.6. The van der Waals surface area contributed by atoms with Crippen LogP contribution in [0.4, 0.5) is 16.3 Å². The van der Waals surface area contributed by atoms with Crippen molar-refractivity contribution < 1.29 is 14.3 Å². The van der Waals surface area contributed by atoms with E-state index in [-0.39, 0.29) is 6.03 Å². The predicted octanol–water partition coefficient (Wildman–Crippen LogP) is 4.86. The second-order valence-corrected chi connectivity index (χ2v) is 8.55. The molecule has 0 spiro atoms. The van der Waals surface area contributed by atoms with Gasteiger partial charge in [0.05, 0.1) is 19.9 Å². The van der Waals surface area contributed by atoms with Crippen molar-refractivity contribution in [2.24, 2.45) is 0 Å². The molecule has 0 radical (unpaired) electrons. The minimum absolute atomic E-state index is 0.0687. The second-order valence-electron chi connectivity index (χ2n) is 8.55. The summed E-state index contributed by atoms with van der Waals surface area (Å²) in [5.74, 6) is 2.13. The van der Waals surface area contributed by atoms with Gasteiger partial charge in [0.15, 0.2) is 17.3 Å². The SMILES string of the molecule is CCCCc1ccc(NC(=O)N2CCN(c3ccc(-c4ccc(OC)c(OC)c4)nn3)CC2)cc1. The molecule has 0 unspecified atom stereocenters. The maximum absolute atomic E-state index is 12.7. The number of hydrogen-bond acceptors (Lipinski definition) is 6. The van der Waals surface area contributed by atoms with Crippen LogP contribution in [0.5, 0.6) is 11.5 Å². The highest BCUT2D eigenvalue weighted by Gasteiger charge is 2.22. The quantitative estimate of drug-likeness (QED) is 0.501. The third-order valence-electron chi connectivity index (χ3n) is 6.24. The lowest BCUT2D eigenvalue weighted by Gasteiger charge is -2.35. The number of nitrogens with one attached hydrogen (secondary N) is 1. The maximum Gasteiger partial charge on any atom is 0.321 e. The number of piperazine rings is 1. The van der Waals surface area contributed by atoms with Gasteiger partial charge in [-0.2, -0.15) is 0 Å². The van der Waals surface area contributed by atoms with Crippen molar-refractivity contribution in [1.82, 2.24) is 15.1 Å². The molecule has 0 saturated carbocycles. The summed E-state index contributed by atoms with van der Waals surface area (Å²) < 4.78 is 10.7. The summed E-state index contributed by atoms with van der Waals surface area (Å²) in [4.78, 5) is 16.7. The molecule has 1 N–H and O–H groups in total. The molecule has 4 rings (SSSR count). The number of benzene rings is 2. The van der Waals surface area contributed by atoms with Crippen molar-refractivity contribution in [3.8, 4) is 22.8 Å². The Morgan fingerprint density at radius 3 is 2.29 bits per heavy atom. The number of aryl methyl sites for hydroxylation is 1. The highest BCUT2D eigenvalue weighted by atomic mass is 16.5. The number of carbonyl (C=O) groups is 1. The van der Waals surface area contributed by atoms with Gasteiger partial charge in [-0.15, -0.1) is 10.2 Å². The average Bonchev–Trinajstić information content (AvgIpc) is 2.92. The van der Waals surface area contributed by atoms with Crippen LogP contribution in [0, 0.1) is 0 Å². The Kier molecular flexibility index (Phi) is 8.03. The lowest BCUT2D eigenvalue weighted by Crippen LogP contribution is -2.50. The Bertz CT molecular complexity index is 1110. The molecule has 0 aliphatic carbocycles. The molecular formula is C27H33N5O3. The van der Waals surface area contributed by atoms with E-state index in [2.05, 4.69) is 39.5 Å². The van der Waals surface area contributed by atoms with Crippen LogP contribution >= 0.6 is 0 Å². The van der Waals surface area contributed by atoms with Gasteiger partial charge in [-0.3, -0.25) is 0 Å². The standard InChI is InChI=1S/C27H33N5O3/c1-4-5-6-20-7-10-22(11-8-20)28-27(33)32-17-15-31(16-18-32)26-14-12-23(29-30-26)21-9-13-24(34-2)25(19-21)35-3/h7-14,19H,4-6,15-18H2,1-3H3,(H,28,33). The van der Waals surface area contributed by atoms with Crippen molar-refractivity contribution in [1.29, 1.82) is 0 Å². The monoisotopic (exact) mass is 475 g/mol. The van der Waals surface area contributed by atoms with Crippen LogP contribution in [0.2, 0.25) is 0 Å². The molecule has 0 bridgehead atoms. The summed E-state index contributed by atoms with van der Waals surface area (Å²) in [5.41, 5.74) is 3.79. The van der Waals surface area contributed by atoms with E-state index in [1.807, 2.05) is 47.4 Å². The van der Waals surface area contributed by atoms with Crippen LogP contribution in [0.15, 0.2) is 54.6 Å². The zero-order valence-corrected chi connectivity index (χ0v) is 20.7. The van der Waals surface area contributed by atoms with Gasteiger partial charge < -0.3 is 24.6 Å². The first-order chi connectivity index (χ1) is 17.1. The zero-order valence-electron chi connectivity index (χ0n) is 20.7. The van der Waals surface area contributed by atoms with Crippen molar-refractivity contribution in [2.45, 2.75) is 26.2 Å². The van der Waals surface area contributed by atoms with Crippen LogP contribution < -0.4 is 19.7 Å². The number of urea groups is 1. The molecule has 8 nitrogen and oxygen atoms in total. The average molecular weight is 476 g/mol. The van der Waals surface area contributed by atoms with Gasteiger partial charge in [-0.1, -0.05) is 25.5 Å². The molecule has 1 fully saturated rings. The molecule has 1 aliphatic rings. The lowest BCUT2D eigenvalue weighted by molar-refractivity contribution is 0.208. The number of carbonyl (C=O) groups excluding carboxylic acids is 1. The van der Waals surface area contributed by atoms with Crippen LogP contribution in [-0.2, 0) is 6.42 Å². The first-order valence-corrected chi connectivity index (χ1v) is 12.1. The number of amides is 2. The third-order valence-corrected chi connectivity index (χ3v) is 6.24. The number of rotatable bonds is 8. The van der Waals surface area contributed by atoms with E-state index in [9.17, 15) is 4.79 Å². The Morgan fingerprint density at radius 1 is 0.914 bits per heavy atom. The van der Waals surface area contributed by atoms with E-state index >= 15 is 0 Å². The molecule has 35 heavy (non-hydrogen) atoms. The summed E-state index contributed by atoms with van der Waals surface area (Å²) in [6, 6.07) is 17.7. The Morgan fingerprint density at radius 2 is 1.66 bits per heavy atom. The number of ether oxygens (including phenoxy) is 2. The minimum atomic E-state index is -0.0687. The van der Waals surface area contributed by atoms with Crippen molar-refractivity contribution >= 4 is 17.5 Å². The van der Waals surface area contributed by atoms with Crippen molar-refractivity contribution in [3.63, 3.8) is 0 Å². The highest BCUT2D eigenvalue weighted by molar-refractivity contribution is 5.89. The molecular weight excluding hydrogens is 442 g/mol. The van der Waals surface area contributed by atoms with Gasteiger partial charge in [0.2, 0.25) is 0 Å². The topological polar surface area (TPSA) is 79.8 Å². The molecule has 0 atom stereocenters. The number of nitrogens with zero attached hydrogens (tertiary/aromatic N) is 4. The molecule has 1 saturated heterocycles. The Labute approximate surface area is 206 Å². The van der Waals surface area contributed by atoms with Gasteiger partial charge in [0, 0.05) is 37.4 Å². The number of hydrogen-bond donors (Lipinski definition) is 1. The van der Waals surface area contributed by atoms with E-state index in [1.165, 1.54) is 18.4 Å². The molecule has 1 aliphatic heterocycles. The van der Waals surface area contributed by atoms with Gasteiger partial charge in [0.1, 0.15) is 0 Å². The van der Waals surface area contributed by atoms with Gasteiger partial charge in [-0.25, -0.2) is 4.79 Å². The summed E-state index contributed by atoms with van der Waals surface area (Å²) in [6.07, 6.45) is 3.43. The molecule has 2 aromatic carbocycles. The van der Waals surface area contributed by atoms with Gasteiger partial charge in [0.25, 0.3) is 0 Å². The number of anilines is 2. The largest absolute Gasteiger partial charge is 0.493 e. The number of unbranched alkanes of at least 4 members (excludes halogenated alkanes) is 1. The van der Waals surface area contributed by atoms with Crippen LogP contribution in [0.25, 0.3) is 11.3 Å². The van der Waals surface area contributed by atoms with E-state index in [0.29, 0.717) is 37.7 Å². The minimum Gasteiger partial charge on any atom is -0.493 e. The van der Waals surface area contributed by atoms with Crippen molar-refractivity contribution in [3.05, 3.63) is 60.2 Å². The number of aromatic nitrogens is 2. The van der Waals surface area contributed by atoms with Crippen molar-refractivity contribution in [2.75, 3.05) is 50.6 Å². The molecule has 2 amide bonds. The molecule has 2 heterocycles. The van der Waals surface area contributed by atoms with E-state index in [1.54, 1.807) is 14.2 Å². The molecule has 1 aromatic heterocycles. The van der Waals surface area contributed by atoms with E-state index < -0.39 is 0 Å². The fraction of sp³-hybridized carbons (Fsp3) is 0.370. The Hall–Kier alpha value is -3.81. The second kappa shape index (κ2) is 11.6. The molecule has 8 heteroatoms. The third kappa shape index (κ3) is 6.01. The fourth-order valence-corrected chi connectivity index (χ4v) is 4.12. The van der Waals surface area contributed by atoms with Crippen LogP contribution in [0.3, 0.4) is 0 Å². The van der Waals surface area contributed by atoms with Gasteiger partial charge in [-0.05, 0) is 60.9 Å². The first-order valence-electron chi connectivity index (χ1n) is 12.1. The van der Waals surface area contributed by atoms with Crippen LogP contribution in [0.1, 0.15) is 25.3 Å². The van der Waals surface area contributed by atoms with E-state index in [4.69, 9.17) is 9.47 Å². The van der Waals surface area contributed by atoms with Gasteiger partial charge >= 0.3 is 6.03 Å². The predicted molar refractivity (Wildman–Crippen MR) is 138 cm³/mol. The maximum atomic E-state index is 12.7. The summed E-state index contributed by atoms with van der Waals surface area (Å²) in [7, 11) is 3.22. The normalized spacial score (nSPS) is 13.5. The smallest absolute Gasteiger partial charge is 0.321 e. The van der Waals surface area contributed by atoms with Crippen LogP contribution in [-0.4, -0.2) is 61.5 Å². The van der Waals surface area contributed by atoms with E-state index in [0.717, 1.165) is 29.2 Å². The summed E-state index contributed by atoms with van der Waals surface area (Å²) in [5, 5.41) is 11.9. The number of methoxy groups -OCH3 is 2. The highest BCUT2D eigenvalue weighted by Crippen LogP contribution is 2.31. The fourth-order valence-electron chi connectivity index (χ4n) is 4.12. The molecule has 184 valence electrons. The lowest BCUT2D eigenvalue weighted by atomic mass is 10.1. The Balaban J connectivity index is 1.31. The summed E-state index contributed by atoms with van der Waals surface area (Å²) >= 11 is 0.